The molecule has 0 saturated heterocycles. The van der Waals surface area contributed by atoms with Crippen LogP contribution in [0.3, 0.4) is 0 Å². The van der Waals surface area contributed by atoms with Gasteiger partial charge >= 0.3 is 0 Å². The Labute approximate surface area is 120 Å². The molecule has 0 aliphatic heterocycles. The van der Waals surface area contributed by atoms with Crippen LogP contribution in [0, 0.1) is 3.57 Å². The fourth-order valence-electron chi connectivity index (χ4n) is 1.55. The first-order chi connectivity index (χ1) is 8.16. The van der Waals surface area contributed by atoms with Crippen LogP contribution in [-0.2, 0) is 0 Å². The van der Waals surface area contributed by atoms with Crippen LogP contribution in [0.5, 0.6) is 0 Å². The van der Waals surface area contributed by atoms with Crippen molar-refractivity contribution in [2.75, 3.05) is 5.32 Å². The third-order valence-corrected chi connectivity index (χ3v) is 3.56. The van der Waals surface area contributed by atoms with Crippen molar-refractivity contribution in [3.8, 4) is 0 Å². The van der Waals surface area contributed by atoms with E-state index in [1.165, 1.54) is 0 Å². The average Bonchev–Trinajstić information content (AvgIpc) is 2.34. The van der Waals surface area contributed by atoms with Crippen LogP contribution in [0.25, 0.3) is 0 Å². The molecule has 2 aromatic rings. The van der Waals surface area contributed by atoms with Gasteiger partial charge in [-0.05, 0) is 59.8 Å². The first-order valence-corrected chi connectivity index (χ1v) is 6.75. The number of halogens is 2. The Hall–Kier alpha value is -0.810. The Bertz CT molecular complexity index is 502. The van der Waals surface area contributed by atoms with Crippen molar-refractivity contribution in [3.05, 3.63) is 56.9 Å². The number of pyridine rings is 1. The number of benzene rings is 1. The Kier molecular flexibility index (Phi) is 4.23. The summed E-state index contributed by atoms with van der Waals surface area (Å²) in [5.41, 5.74) is 2.10. The Morgan fingerprint density at radius 1 is 1.29 bits per heavy atom. The van der Waals surface area contributed by atoms with E-state index in [9.17, 15) is 0 Å². The number of nitrogens with one attached hydrogen (secondary N) is 1. The lowest BCUT2D eigenvalue weighted by molar-refractivity contribution is 0.838. The molecule has 2 nitrogen and oxygen atoms in total. The van der Waals surface area contributed by atoms with Gasteiger partial charge in [0.15, 0.2) is 0 Å². The van der Waals surface area contributed by atoms with Crippen LogP contribution >= 0.6 is 34.2 Å². The molecule has 0 aliphatic rings. The van der Waals surface area contributed by atoms with E-state index in [-0.39, 0.29) is 6.04 Å². The SMILES string of the molecule is CC(Nc1ccc(Cl)cc1I)c1ccccn1. The molecule has 0 radical (unpaired) electrons. The molecule has 4 heteroatoms. The molecule has 1 heterocycles. The van der Waals surface area contributed by atoms with Crippen LogP contribution in [-0.4, -0.2) is 4.98 Å². The summed E-state index contributed by atoms with van der Waals surface area (Å²) in [5.74, 6) is 0. The van der Waals surface area contributed by atoms with Crippen LogP contribution in [0.4, 0.5) is 5.69 Å². The van der Waals surface area contributed by atoms with Crippen molar-refractivity contribution < 1.29 is 0 Å². The maximum Gasteiger partial charge on any atom is 0.0657 e. The van der Waals surface area contributed by atoms with Crippen molar-refractivity contribution in [2.45, 2.75) is 13.0 Å². The summed E-state index contributed by atoms with van der Waals surface area (Å²) >= 11 is 8.20. The van der Waals surface area contributed by atoms with Gasteiger partial charge in [-0.25, -0.2) is 0 Å². The smallest absolute Gasteiger partial charge is 0.0657 e. The van der Waals surface area contributed by atoms with Gasteiger partial charge in [-0.3, -0.25) is 4.98 Å². The molecular weight excluding hydrogens is 347 g/mol. The number of anilines is 1. The van der Waals surface area contributed by atoms with E-state index in [2.05, 4.69) is 39.8 Å². The van der Waals surface area contributed by atoms with E-state index in [0.717, 1.165) is 20.0 Å². The highest BCUT2D eigenvalue weighted by Gasteiger charge is 2.08. The first-order valence-electron chi connectivity index (χ1n) is 5.29. The molecule has 1 aromatic carbocycles. The summed E-state index contributed by atoms with van der Waals surface area (Å²) in [6.07, 6.45) is 1.81. The Morgan fingerprint density at radius 2 is 2.12 bits per heavy atom. The minimum atomic E-state index is 0.172. The van der Waals surface area contributed by atoms with Crippen molar-refractivity contribution in [1.29, 1.82) is 0 Å². The van der Waals surface area contributed by atoms with E-state index in [4.69, 9.17) is 11.6 Å². The first kappa shape index (κ1) is 12.6. The number of rotatable bonds is 3. The fourth-order valence-corrected chi connectivity index (χ4v) is 2.57. The highest BCUT2D eigenvalue weighted by Crippen LogP contribution is 2.25. The van der Waals surface area contributed by atoms with Crippen molar-refractivity contribution in [3.63, 3.8) is 0 Å². The van der Waals surface area contributed by atoms with E-state index in [1.54, 1.807) is 6.20 Å². The van der Waals surface area contributed by atoms with Crippen molar-refractivity contribution in [2.24, 2.45) is 0 Å². The molecule has 1 atom stereocenters. The van der Waals surface area contributed by atoms with Gasteiger partial charge in [-0.15, -0.1) is 0 Å². The molecule has 0 aliphatic carbocycles. The van der Waals surface area contributed by atoms with Crippen LogP contribution in [0.1, 0.15) is 18.7 Å². The lowest BCUT2D eigenvalue weighted by Crippen LogP contribution is -2.09. The average molecular weight is 359 g/mol. The number of hydrogen-bond donors (Lipinski definition) is 1. The zero-order valence-corrected chi connectivity index (χ0v) is 12.2. The summed E-state index contributed by atoms with van der Waals surface area (Å²) in [7, 11) is 0. The molecule has 0 spiro atoms. The number of nitrogens with zero attached hydrogens (tertiary/aromatic N) is 1. The second-order valence-corrected chi connectivity index (χ2v) is 5.34. The molecule has 1 N–H and O–H groups in total. The van der Waals surface area contributed by atoms with Gasteiger partial charge in [-0.1, -0.05) is 17.7 Å². The summed E-state index contributed by atoms with van der Waals surface area (Å²) in [4.78, 5) is 4.33. The van der Waals surface area contributed by atoms with Crippen LogP contribution in [0.2, 0.25) is 5.02 Å². The molecule has 0 saturated carbocycles. The van der Waals surface area contributed by atoms with E-state index in [1.807, 2.05) is 36.4 Å². The Balaban J connectivity index is 2.16. The minimum Gasteiger partial charge on any atom is -0.376 e. The molecule has 0 amide bonds. The predicted molar refractivity (Wildman–Crippen MR) is 80.4 cm³/mol. The summed E-state index contributed by atoms with van der Waals surface area (Å²) in [6, 6.07) is 11.9. The number of hydrogen-bond acceptors (Lipinski definition) is 2. The summed E-state index contributed by atoms with van der Waals surface area (Å²) in [5, 5.41) is 4.18. The standard InChI is InChI=1S/C13H12ClIN2/c1-9(12-4-2-3-7-16-12)17-13-6-5-10(14)8-11(13)15/h2-9,17H,1H3. The van der Waals surface area contributed by atoms with Gasteiger partial charge in [0, 0.05) is 20.5 Å². The predicted octanol–water partition coefficient (Wildman–Crippen LogP) is 4.51. The normalized spacial score (nSPS) is 12.2. The second-order valence-electron chi connectivity index (χ2n) is 3.74. The molecule has 1 aromatic heterocycles. The fraction of sp³-hybridized carbons (Fsp3) is 0.154. The van der Waals surface area contributed by atoms with Crippen LogP contribution < -0.4 is 5.32 Å². The molecule has 0 fully saturated rings. The van der Waals surface area contributed by atoms with Gasteiger partial charge in [-0.2, -0.15) is 0 Å². The lowest BCUT2D eigenvalue weighted by atomic mass is 10.2. The Morgan fingerprint density at radius 3 is 2.76 bits per heavy atom. The largest absolute Gasteiger partial charge is 0.376 e. The zero-order chi connectivity index (χ0) is 12.3. The molecule has 17 heavy (non-hydrogen) atoms. The molecule has 88 valence electrons. The lowest BCUT2D eigenvalue weighted by Gasteiger charge is -2.16. The maximum absolute atomic E-state index is 5.93. The summed E-state index contributed by atoms with van der Waals surface area (Å²) in [6.45, 7) is 2.09. The molecule has 0 bridgehead atoms. The molecular formula is C13H12ClIN2. The van der Waals surface area contributed by atoms with Crippen molar-refractivity contribution >= 4 is 39.9 Å². The monoisotopic (exact) mass is 358 g/mol. The van der Waals surface area contributed by atoms with Gasteiger partial charge in [0.2, 0.25) is 0 Å². The second kappa shape index (κ2) is 5.69. The van der Waals surface area contributed by atoms with Gasteiger partial charge in [0.25, 0.3) is 0 Å². The van der Waals surface area contributed by atoms with E-state index < -0.39 is 0 Å². The van der Waals surface area contributed by atoms with Gasteiger partial charge in [0.05, 0.1) is 11.7 Å². The van der Waals surface area contributed by atoms with E-state index >= 15 is 0 Å². The highest BCUT2D eigenvalue weighted by molar-refractivity contribution is 14.1. The minimum absolute atomic E-state index is 0.172. The summed E-state index contributed by atoms with van der Waals surface area (Å²) < 4.78 is 1.11. The zero-order valence-electron chi connectivity index (χ0n) is 9.32. The van der Waals surface area contributed by atoms with E-state index in [0.29, 0.717) is 0 Å². The maximum atomic E-state index is 5.93. The molecule has 1 unspecified atom stereocenters. The van der Waals surface area contributed by atoms with Gasteiger partial charge < -0.3 is 5.32 Å². The quantitative estimate of drug-likeness (QED) is 0.817. The number of aromatic nitrogens is 1. The third-order valence-electron chi connectivity index (χ3n) is 2.43. The molecule has 2 rings (SSSR count). The van der Waals surface area contributed by atoms with Gasteiger partial charge in [0.1, 0.15) is 0 Å². The third kappa shape index (κ3) is 3.33. The van der Waals surface area contributed by atoms with Crippen LogP contribution in [0.15, 0.2) is 42.6 Å². The highest BCUT2D eigenvalue weighted by atomic mass is 127. The van der Waals surface area contributed by atoms with Crippen molar-refractivity contribution in [1.82, 2.24) is 4.98 Å². The topological polar surface area (TPSA) is 24.9 Å².